The van der Waals surface area contributed by atoms with E-state index < -0.39 is 0 Å². The number of hydrogen-bond donors (Lipinski definition) is 0. The van der Waals surface area contributed by atoms with Crippen molar-refractivity contribution in [3.63, 3.8) is 0 Å². The molecule has 0 N–H and O–H groups in total. The Morgan fingerprint density at radius 3 is 2.33 bits per heavy atom. The van der Waals surface area contributed by atoms with Gasteiger partial charge in [0.25, 0.3) is 5.91 Å². The molecule has 1 amide bonds. The van der Waals surface area contributed by atoms with E-state index in [1.165, 1.54) is 32.6 Å². The maximum Gasteiger partial charge on any atom is 0.307 e. The molecule has 5 rings (SSSR count). The first-order valence-electron chi connectivity index (χ1n) is 9.02. The van der Waals surface area contributed by atoms with Gasteiger partial charge in [-0.1, -0.05) is 0 Å². The highest BCUT2D eigenvalue weighted by Crippen LogP contribution is 2.58. The molecule has 1 heterocycles. The summed E-state index contributed by atoms with van der Waals surface area (Å²) in [6, 6.07) is 3.46. The molecule has 0 saturated heterocycles. The van der Waals surface area contributed by atoms with E-state index in [0.717, 1.165) is 37.0 Å². The van der Waals surface area contributed by atoms with Crippen molar-refractivity contribution in [3.8, 4) is 0 Å². The first-order valence-corrected chi connectivity index (χ1v) is 9.02. The third-order valence-electron chi connectivity index (χ3n) is 6.32. The zero-order valence-corrected chi connectivity index (χ0v) is 14.2. The molecule has 0 unspecified atom stereocenters. The van der Waals surface area contributed by atoms with Crippen LogP contribution in [0, 0.1) is 17.8 Å². The van der Waals surface area contributed by atoms with Gasteiger partial charge in [-0.15, -0.1) is 0 Å². The second kappa shape index (κ2) is 5.94. The van der Waals surface area contributed by atoms with E-state index in [-0.39, 0.29) is 23.8 Å². The largest absolute Gasteiger partial charge is 0.469 e. The lowest BCUT2D eigenvalue weighted by Gasteiger charge is -2.60. The molecule has 5 nitrogen and oxygen atoms in total. The van der Waals surface area contributed by atoms with Crippen molar-refractivity contribution in [2.75, 3.05) is 13.7 Å². The normalized spacial score (nSPS) is 33.5. The molecule has 0 aromatic carbocycles. The van der Waals surface area contributed by atoms with Gasteiger partial charge in [0.15, 0.2) is 5.76 Å². The van der Waals surface area contributed by atoms with E-state index in [9.17, 15) is 9.59 Å². The maximum atomic E-state index is 13.1. The highest BCUT2D eigenvalue weighted by Gasteiger charge is 2.54. The molecule has 0 aliphatic heterocycles. The number of methoxy groups -OCH3 is 1. The van der Waals surface area contributed by atoms with E-state index >= 15 is 0 Å². The van der Waals surface area contributed by atoms with Crippen molar-refractivity contribution in [1.82, 2.24) is 4.90 Å². The highest BCUT2D eigenvalue weighted by molar-refractivity contribution is 5.92. The van der Waals surface area contributed by atoms with Gasteiger partial charge in [-0.25, -0.2) is 0 Å². The van der Waals surface area contributed by atoms with Crippen molar-refractivity contribution in [3.05, 3.63) is 24.2 Å². The third kappa shape index (κ3) is 2.64. The second-order valence-corrected chi connectivity index (χ2v) is 7.90. The Hall–Kier alpha value is -1.78. The second-order valence-electron chi connectivity index (χ2n) is 7.90. The minimum Gasteiger partial charge on any atom is -0.469 e. The van der Waals surface area contributed by atoms with Gasteiger partial charge < -0.3 is 14.1 Å². The first kappa shape index (κ1) is 15.7. The lowest BCUT2D eigenvalue weighted by Crippen LogP contribution is -2.61. The summed E-state index contributed by atoms with van der Waals surface area (Å²) < 4.78 is 10.2. The molecule has 0 radical (unpaired) electrons. The highest BCUT2D eigenvalue weighted by atomic mass is 16.5. The van der Waals surface area contributed by atoms with Gasteiger partial charge in [0.2, 0.25) is 0 Å². The Morgan fingerprint density at radius 2 is 1.83 bits per heavy atom. The molecule has 4 fully saturated rings. The van der Waals surface area contributed by atoms with Crippen LogP contribution in [0.25, 0.3) is 0 Å². The Morgan fingerprint density at radius 1 is 1.21 bits per heavy atom. The van der Waals surface area contributed by atoms with Crippen LogP contribution < -0.4 is 0 Å². The van der Waals surface area contributed by atoms with Gasteiger partial charge >= 0.3 is 5.97 Å². The zero-order chi connectivity index (χ0) is 16.7. The summed E-state index contributed by atoms with van der Waals surface area (Å²) in [4.78, 5) is 26.7. The number of carbonyl (C=O) groups is 2. The summed E-state index contributed by atoms with van der Waals surface area (Å²) in [7, 11) is 1.39. The van der Waals surface area contributed by atoms with Crippen LogP contribution in [0.5, 0.6) is 0 Å². The minimum absolute atomic E-state index is 0.0779. The monoisotopic (exact) mass is 331 g/mol. The first-order chi connectivity index (χ1) is 11.6. The third-order valence-corrected chi connectivity index (χ3v) is 6.32. The van der Waals surface area contributed by atoms with Crippen LogP contribution in [0.3, 0.4) is 0 Å². The fraction of sp³-hybridized carbons (Fsp3) is 0.684. The number of nitrogens with zero attached hydrogens (tertiary/aromatic N) is 1. The summed E-state index contributed by atoms with van der Waals surface area (Å²) in [5, 5.41) is 0. The quantitative estimate of drug-likeness (QED) is 0.777. The number of esters is 1. The van der Waals surface area contributed by atoms with Crippen molar-refractivity contribution in [1.29, 1.82) is 0 Å². The van der Waals surface area contributed by atoms with Gasteiger partial charge in [-0.3, -0.25) is 9.59 Å². The van der Waals surface area contributed by atoms with Crippen LogP contribution in [0.4, 0.5) is 0 Å². The van der Waals surface area contributed by atoms with E-state index in [0.29, 0.717) is 12.3 Å². The van der Waals surface area contributed by atoms with Gasteiger partial charge in [0.05, 0.1) is 19.8 Å². The lowest BCUT2D eigenvalue weighted by atomic mass is 9.52. The minimum atomic E-state index is -0.267. The molecule has 4 saturated carbocycles. The predicted molar refractivity (Wildman–Crippen MR) is 87.3 cm³/mol. The summed E-state index contributed by atoms with van der Waals surface area (Å²) in [5.41, 5.74) is -0.0906. The Bertz CT molecular complexity index is 586. The molecule has 1 aromatic rings. The van der Waals surface area contributed by atoms with Crippen LogP contribution in [-0.4, -0.2) is 36.0 Å². The van der Waals surface area contributed by atoms with Crippen molar-refractivity contribution in [2.45, 2.75) is 50.5 Å². The number of carbonyl (C=O) groups excluding carboxylic acids is 2. The predicted octanol–water partition coefficient (Wildman–Crippen LogP) is 3.25. The molecule has 130 valence electrons. The van der Waals surface area contributed by atoms with E-state index in [1.807, 2.05) is 4.90 Å². The van der Waals surface area contributed by atoms with Crippen molar-refractivity contribution < 1.29 is 18.7 Å². The average molecular weight is 331 g/mol. The van der Waals surface area contributed by atoms with Crippen LogP contribution >= 0.6 is 0 Å². The Kier molecular flexibility index (Phi) is 3.89. The lowest BCUT2D eigenvalue weighted by molar-refractivity contribution is -0.141. The topological polar surface area (TPSA) is 59.8 Å². The molecule has 5 heteroatoms. The maximum absolute atomic E-state index is 13.1. The van der Waals surface area contributed by atoms with E-state index in [2.05, 4.69) is 0 Å². The molecule has 4 bridgehead atoms. The number of amides is 1. The van der Waals surface area contributed by atoms with Gasteiger partial charge in [0, 0.05) is 12.1 Å². The van der Waals surface area contributed by atoms with Crippen molar-refractivity contribution in [2.24, 2.45) is 17.8 Å². The average Bonchev–Trinajstić information content (AvgIpc) is 3.07. The molecule has 0 spiro atoms. The zero-order valence-electron chi connectivity index (χ0n) is 14.2. The summed E-state index contributed by atoms with van der Waals surface area (Å²) in [6.45, 7) is 0.415. The summed E-state index contributed by atoms with van der Waals surface area (Å²) >= 11 is 0. The van der Waals surface area contributed by atoms with E-state index in [4.69, 9.17) is 9.15 Å². The fourth-order valence-corrected chi connectivity index (χ4v) is 5.79. The van der Waals surface area contributed by atoms with Crippen LogP contribution in [-0.2, 0) is 9.53 Å². The van der Waals surface area contributed by atoms with Crippen molar-refractivity contribution >= 4 is 11.9 Å². The summed E-state index contributed by atoms with van der Waals surface area (Å²) in [5.74, 6) is 2.24. The van der Waals surface area contributed by atoms with Gasteiger partial charge in [-0.2, -0.15) is 0 Å². The Balaban J connectivity index is 1.62. The smallest absolute Gasteiger partial charge is 0.307 e. The molecular weight excluding hydrogens is 306 g/mol. The molecule has 4 aliphatic rings. The number of ether oxygens (including phenoxy) is 1. The molecule has 1 aromatic heterocycles. The van der Waals surface area contributed by atoms with Crippen LogP contribution in [0.15, 0.2) is 22.8 Å². The number of furan rings is 1. The molecule has 0 atom stereocenters. The molecule has 4 aliphatic carbocycles. The standard InChI is InChI=1S/C19H25NO4/c1-23-17(21)4-5-20(18(22)16-3-2-6-24-16)19-10-13-7-14(11-19)9-15(8-13)12-19/h2-3,6,13-15H,4-5,7-12H2,1H3. The van der Waals surface area contributed by atoms with Crippen LogP contribution in [0.2, 0.25) is 0 Å². The fourth-order valence-electron chi connectivity index (χ4n) is 5.79. The summed E-state index contributed by atoms with van der Waals surface area (Å²) in [6.07, 6.45) is 8.96. The van der Waals surface area contributed by atoms with E-state index in [1.54, 1.807) is 12.1 Å². The number of hydrogen-bond acceptors (Lipinski definition) is 4. The van der Waals surface area contributed by atoms with Gasteiger partial charge in [0.1, 0.15) is 0 Å². The number of rotatable bonds is 5. The van der Waals surface area contributed by atoms with Crippen LogP contribution in [0.1, 0.15) is 55.5 Å². The molecule has 24 heavy (non-hydrogen) atoms. The SMILES string of the molecule is COC(=O)CCN(C(=O)c1ccco1)C12CC3CC(CC(C3)C1)C2. The Labute approximate surface area is 142 Å². The molecular formula is C19H25NO4. The van der Waals surface area contributed by atoms with Gasteiger partial charge in [-0.05, 0) is 68.4 Å².